The number of aromatic nitrogens is 1. The quantitative estimate of drug-likeness (QED) is 0.228. The van der Waals surface area contributed by atoms with Crippen molar-refractivity contribution in [2.75, 3.05) is 13.7 Å². The van der Waals surface area contributed by atoms with E-state index in [0.717, 1.165) is 43.9 Å². The normalized spacial score (nSPS) is 13.2. The molecule has 0 saturated carbocycles. The summed E-state index contributed by atoms with van der Waals surface area (Å²) in [4.78, 5) is 23.0. The fraction of sp³-hybridized carbons (Fsp3) is 0.241. The summed E-state index contributed by atoms with van der Waals surface area (Å²) >= 11 is 0. The van der Waals surface area contributed by atoms with Crippen molar-refractivity contribution in [3.05, 3.63) is 101 Å². The average molecular weight is 556 g/mol. The van der Waals surface area contributed by atoms with E-state index in [1.807, 2.05) is 24.3 Å². The standard InChI is InChI=1S/C27H27N3O3.C2HF3O2/c1-33-22-12-8-19(9-13-22)16-29-15-14-26-24(18-29)23-4-2-3-5-25(23)30(26)17-20-6-10-21(11-7-20)27(31)28-32;3-2(4,5)1(6)7/h2-13,32H,14-18H2,1H3,(H,28,31);(H,6,7). The molecule has 0 fully saturated rings. The number of halogens is 3. The van der Waals surface area contributed by atoms with Crippen molar-refractivity contribution < 1.29 is 37.8 Å². The van der Waals surface area contributed by atoms with Crippen LogP contribution in [0.25, 0.3) is 10.9 Å². The number of methoxy groups -OCH3 is 1. The van der Waals surface area contributed by atoms with E-state index >= 15 is 0 Å². The summed E-state index contributed by atoms with van der Waals surface area (Å²) in [6.45, 7) is 3.59. The van der Waals surface area contributed by atoms with E-state index in [-0.39, 0.29) is 0 Å². The number of nitrogens with zero attached hydrogens (tertiary/aromatic N) is 2. The number of alkyl halides is 3. The lowest BCUT2D eigenvalue weighted by Crippen LogP contribution is -2.30. The van der Waals surface area contributed by atoms with Gasteiger partial charge in [0, 0.05) is 54.8 Å². The molecule has 11 heteroatoms. The Bertz CT molecular complexity index is 1480. The van der Waals surface area contributed by atoms with Gasteiger partial charge in [-0.2, -0.15) is 13.2 Å². The predicted molar refractivity (Wildman–Crippen MR) is 141 cm³/mol. The minimum Gasteiger partial charge on any atom is -0.497 e. The summed E-state index contributed by atoms with van der Waals surface area (Å²) in [5.41, 5.74) is 8.56. The van der Waals surface area contributed by atoms with Gasteiger partial charge in [-0.05, 0) is 47.0 Å². The number of hydroxylamine groups is 1. The Morgan fingerprint density at radius 2 is 1.55 bits per heavy atom. The van der Waals surface area contributed by atoms with Gasteiger partial charge in [0.15, 0.2) is 0 Å². The highest BCUT2D eigenvalue weighted by Gasteiger charge is 2.38. The SMILES string of the molecule is COc1ccc(CN2CCc3c(c4ccccc4n3Cc3ccc(C(=O)NO)cc3)C2)cc1.O=C(O)C(F)(F)F. The first-order valence-corrected chi connectivity index (χ1v) is 12.4. The number of hydrogen-bond donors (Lipinski definition) is 3. The number of nitrogens with one attached hydrogen (secondary N) is 1. The van der Waals surface area contributed by atoms with Crippen molar-refractivity contribution in [1.82, 2.24) is 14.9 Å². The van der Waals surface area contributed by atoms with Crippen LogP contribution in [0.1, 0.15) is 32.7 Å². The van der Waals surface area contributed by atoms with E-state index in [4.69, 9.17) is 19.8 Å². The average Bonchev–Trinajstić information content (AvgIpc) is 3.26. The number of carbonyl (C=O) groups is 2. The van der Waals surface area contributed by atoms with Crippen LogP contribution >= 0.6 is 0 Å². The van der Waals surface area contributed by atoms with Gasteiger partial charge in [0.2, 0.25) is 0 Å². The Balaban J connectivity index is 0.000000470. The van der Waals surface area contributed by atoms with Crippen molar-refractivity contribution >= 4 is 22.8 Å². The van der Waals surface area contributed by atoms with Gasteiger partial charge in [-0.25, -0.2) is 10.3 Å². The van der Waals surface area contributed by atoms with Crippen LogP contribution in [0.4, 0.5) is 13.2 Å². The molecule has 4 aromatic rings. The van der Waals surface area contributed by atoms with E-state index in [1.165, 1.54) is 27.7 Å². The molecule has 1 aliphatic heterocycles. The van der Waals surface area contributed by atoms with Gasteiger partial charge in [-0.1, -0.05) is 42.5 Å². The smallest absolute Gasteiger partial charge is 0.490 e. The maximum absolute atomic E-state index is 11.6. The number of carbonyl (C=O) groups excluding carboxylic acids is 1. The first kappa shape index (κ1) is 28.7. The third kappa shape index (κ3) is 6.61. The number of ether oxygens (including phenoxy) is 1. The van der Waals surface area contributed by atoms with Crippen LogP contribution < -0.4 is 10.2 Å². The number of aliphatic carboxylic acids is 1. The highest BCUT2D eigenvalue weighted by molar-refractivity contribution is 5.93. The van der Waals surface area contributed by atoms with E-state index < -0.39 is 18.1 Å². The van der Waals surface area contributed by atoms with Crippen molar-refractivity contribution in [1.29, 1.82) is 0 Å². The Morgan fingerprint density at radius 1 is 0.950 bits per heavy atom. The summed E-state index contributed by atoms with van der Waals surface area (Å²) in [7, 11) is 1.69. The zero-order valence-corrected chi connectivity index (χ0v) is 21.6. The lowest BCUT2D eigenvalue weighted by molar-refractivity contribution is -0.192. The first-order chi connectivity index (χ1) is 19.1. The largest absolute Gasteiger partial charge is 0.497 e. The second-order valence-corrected chi connectivity index (χ2v) is 9.28. The van der Waals surface area contributed by atoms with Crippen LogP contribution in [0.5, 0.6) is 5.75 Å². The van der Waals surface area contributed by atoms with Crippen LogP contribution in [0, 0.1) is 0 Å². The molecular weight excluding hydrogens is 527 g/mol. The molecule has 1 amide bonds. The molecule has 0 spiro atoms. The van der Waals surface area contributed by atoms with Crippen LogP contribution in [-0.4, -0.2) is 51.5 Å². The molecule has 40 heavy (non-hydrogen) atoms. The maximum atomic E-state index is 11.6. The third-order valence-electron chi connectivity index (χ3n) is 6.71. The molecule has 0 radical (unpaired) electrons. The zero-order chi connectivity index (χ0) is 28.9. The van der Waals surface area contributed by atoms with E-state index in [2.05, 4.69) is 45.9 Å². The molecule has 0 atom stereocenters. The molecule has 0 aliphatic carbocycles. The fourth-order valence-corrected chi connectivity index (χ4v) is 4.77. The summed E-state index contributed by atoms with van der Waals surface area (Å²) in [5, 5.41) is 17.3. The molecule has 0 saturated heterocycles. The van der Waals surface area contributed by atoms with Gasteiger partial charge in [0.05, 0.1) is 7.11 Å². The number of hydrogen-bond acceptors (Lipinski definition) is 5. The Kier molecular flexibility index (Phi) is 8.76. The third-order valence-corrected chi connectivity index (χ3v) is 6.71. The molecule has 3 aromatic carbocycles. The molecule has 5 rings (SSSR count). The van der Waals surface area contributed by atoms with Crippen molar-refractivity contribution in [3.63, 3.8) is 0 Å². The highest BCUT2D eigenvalue weighted by atomic mass is 19.4. The number of carboxylic acids is 1. The summed E-state index contributed by atoms with van der Waals surface area (Å²) < 4.78 is 39.4. The number of para-hydroxylation sites is 1. The van der Waals surface area contributed by atoms with E-state index in [1.54, 1.807) is 24.7 Å². The van der Waals surface area contributed by atoms with Crippen molar-refractivity contribution in [2.24, 2.45) is 0 Å². The van der Waals surface area contributed by atoms with Crippen molar-refractivity contribution in [3.8, 4) is 5.75 Å². The van der Waals surface area contributed by atoms with Gasteiger partial charge in [-0.15, -0.1) is 0 Å². The van der Waals surface area contributed by atoms with Crippen LogP contribution in [0.2, 0.25) is 0 Å². The van der Waals surface area contributed by atoms with E-state index in [0.29, 0.717) is 5.56 Å². The maximum Gasteiger partial charge on any atom is 0.490 e. The second-order valence-electron chi connectivity index (χ2n) is 9.28. The number of rotatable bonds is 6. The lowest BCUT2D eigenvalue weighted by Gasteiger charge is -2.28. The molecule has 0 unspecified atom stereocenters. The van der Waals surface area contributed by atoms with Gasteiger partial charge in [0.1, 0.15) is 5.75 Å². The lowest BCUT2D eigenvalue weighted by atomic mass is 10.0. The Labute approximate surface area is 228 Å². The van der Waals surface area contributed by atoms with Crippen molar-refractivity contribution in [2.45, 2.75) is 32.2 Å². The molecule has 3 N–H and O–H groups in total. The molecule has 1 aromatic heterocycles. The van der Waals surface area contributed by atoms with Gasteiger partial charge < -0.3 is 14.4 Å². The van der Waals surface area contributed by atoms with E-state index in [9.17, 15) is 18.0 Å². The van der Waals surface area contributed by atoms with Gasteiger partial charge >= 0.3 is 12.1 Å². The monoisotopic (exact) mass is 555 g/mol. The molecule has 210 valence electrons. The zero-order valence-electron chi connectivity index (χ0n) is 21.6. The minimum atomic E-state index is -5.08. The van der Waals surface area contributed by atoms with Crippen LogP contribution in [0.3, 0.4) is 0 Å². The predicted octanol–water partition coefficient (Wildman–Crippen LogP) is 5.01. The number of amides is 1. The van der Waals surface area contributed by atoms with Crippen LogP contribution in [-0.2, 0) is 30.8 Å². The van der Waals surface area contributed by atoms with Crippen LogP contribution in [0.15, 0.2) is 72.8 Å². The first-order valence-electron chi connectivity index (χ1n) is 12.4. The minimum absolute atomic E-state index is 0.440. The summed E-state index contributed by atoms with van der Waals surface area (Å²) in [5.74, 6) is -2.37. The summed E-state index contributed by atoms with van der Waals surface area (Å²) in [6, 6.07) is 24.3. The molecule has 1 aliphatic rings. The van der Waals surface area contributed by atoms with Gasteiger partial charge in [0.25, 0.3) is 5.91 Å². The molecule has 8 nitrogen and oxygen atoms in total. The molecular formula is C29H28F3N3O5. The number of fused-ring (bicyclic) bond motifs is 3. The molecule has 2 heterocycles. The number of carboxylic acid groups (broad SMARTS) is 1. The fourth-order valence-electron chi connectivity index (χ4n) is 4.77. The topological polar surface area (TPSA) is 104 Å². The number of benzene rings is 3. The Hall–Kier alpha value is -4.35. The summed E-state index contributed by atoms with van der Waals surface area (Å²) in [6.07, 6.45) is -4.09. The molecule has 0 bridgehead atoms. The Morgan fingerprint density at radius 3 is 2.15 bits per heavy atom. The van der Waals surface area contributed by atoms with Gasteiger partial charge in [-0.3, -0.25) is 14.9 Å². The second kappa shape index (κ2) is 12.2. The highest BCUT2D eigenvalue weighted by Crippen LogP contribution is 2.32.